The van der Waals surface area contributed by atoms with Gasteiger partial charge >= 0.3 is 0 Å². The van der Waals surface area contributed by atoms with Crippen molar-refractivity contribution in [2.24, 2.45) is 0 Å². The average molecular weight is 688 g/mol. The summed E-state index contributed by atoms with van der Waals surface area (Å²) in [6.45, 7) is 7.78. The van der Waals surface area contributed by atoms with E-state index in [-0.39, 0.29) is 0 Å². The molecule has 250 valence electrons. The van der Waals surface area contributed by atoms with E-state index in [1.54, 1.807) is 0 Å². The fourth-order valence-electron chi connectivity index (χ4n) is 7.65. The zero-order valence-electron chi connectivity index (χ0n) is 29.0. The van der Waals surface area contributed by atoms with Crippen LogP contribution in [0.1, 0.15) is 0 Å². The molecule has 5 heteroatoms. The molecule has 0 unspecified atom stereocenters. The molecule has 8 aromatic carbocycles. The largest absolute Gasteiger partial charge is 0.256 e. The van der Waals surface area contributed by atoms with E-state index in [2.05, 4.69) is 83.7 Å². The summed E-state index contributed by atoms with van der Waals surface area (Å²) in [6, 6.07) is 58.1. The summed E-state index contributed by atoms with van der Waals surface area (Å²) in [4.78, 5) is 23.7. The van der Waals surface area contributed by atoms with Gasteiger partial charge in [0, 0.05) is 33.8 Å². The Morgan fingerprint density at radius 3 is 1.56 bits per heavy atom. The van der Waals surface area contributed by atoms with Crippen LogP contribution in [0.2, 0.25) is 0 Å². The summed E-state index contributed by atoms with van der Waals surface area (Å²) in [6.07, 6.45) is 1.87. The van der Waals surface area contributed by atoms with Crippen molar-refractivity contribution in [2.75, 3.05) is 0 Å². The molecule has 0 N–H and O–H groups in total. The van der Waals surface area contributed by atoms with Gasteiger partial charge in [-0.25, -0.2) is 19.8 Å². The van der Waals surface area contributed by atoms with Crippen molar-refractivity contribution in [1.82, 2.24) is 19.9 Å². The Bertz CT molecular complexity index is 3050. The third-order valence-corrected chi connectivity index (χ3v) is 10.2. The number of aromatic nitrogens is 4. The van der Waals surface area contributed by atoms with Crippen LogP contribution in [0.5, 0.6) is 0 Å². The van der Waals surface area contributed by atoms with E-state index >= 15 is 0 Å². The molecule has 10 aromatic rings. The second kappa shape index (κ2) is 12.9. The smallest absolute Gasteiger partial charge is 0.194 e. The van der Waals surface area contributed by atoms with Crippen LogP contribution in [-0.2, 0) is 0 Å². The highest BCUT2D eigenvalue weighted by atomic mass is 15.0. The number of hydrogen-bond acceptors (Lipinski definition) is 4. The summed E-state index contributed by atoms with van der Waals surface area (Å²) in [5.41, 5.74) is 8.62. The number of benzene rings is 8. The molecule has 5 nitrogen and oxygen atoms in total. The Labute approximate surface area is 311 Å². The summed E-state index contributed by atoms with van der Waals surface area (Å²) in [7, 11) is 0. The zero-order valence-corrected chi connectivity index (χ0v) is 29.0. The molecule has 0 aliphatic carbocycles. The highest BCUT2D eigenvalue weighted by molar-refractivity contribution is 6.24. The number of nitrogens with zero attached hydrogens (tertiary/aromatic N) is 5. The van der Waals surface area contributed by atoms with Crippen molar-refractivity contribution in [2.45, 2.75) is 0 Å². The first-order valence-electron chi connectivity index (χ1n) is 17.8. The molecule has 0 amide bonds. The molecule has 0 aliphatic rings. The molecule has 0 fully saturated rings. The highest BCUT2D eigenvalue weighted by Crippen LogP contribution is 2.44. The van der Waals surface area contributed by atoms with Crippen molar-refractivity contribution in [1.29, 1.82) is 0 Å². The second-order valence-corrected chi connectivity index (χ2v) is 13.3. The normalized spacial score (nSPS) is 11.3. The molecular formula is C49H29N5. The molecule has 2 heterocycles. The maximum Gasteiger partial charge on any atom is 0.194 e. The minimum absolute atomic E-state index is 0.606. The molecule has 10 rings (SSSR count). The lowest BCUT2D eigenvalue weighted by Gasteiger charge is -2.17. The van der Waals surface area contributed by atoms with E-state index in [0.717, 1.165) is 82.2 Å². The van der Waals surface area contributed by atoms with Crippen LogP contribution in [0, 0.1) is 6.57 Å². The van der Waals surface area contributed by atoms with Gasteiger partial charge in [-0.2, -0.15) is 0 Å². The average Bonchev–Trinajstić information content (AvgIpc) is 3.26. The van der Waals surface area contributed by atoms with Crippen molar-refractivity contribution < 1.29 is 0 Å². The fourth-order valence-corrected chi connectivity index (χ4v) is 7.65. The molecule has 54 heavy (non-hydrogen) atoms. The fraction of sp³-hybridized carbons (Fsp3) is 0. The quantitative estimate of drug-likeness (QED) is 0.133. The van der Waals surface area contributed by atoms with Crippen molar-refractivity contribution in [3.63, 3.8) is 0 Å². The summed E-state index contributed by atoms with van der Waals surface area (Å²) in [5.74, 6) is 1.86. The summed E-state index contributed by atoms with van der Waals surface area (Å²) >= 11 is 0. The number of fused-ring (bicyclic) bond motifs is 6. The van der Waals surface area contributed by atoms with Crippen LogP contribution in [0.15, 0.2) is 176 Å². The van der Waals surface area contributed by atoms with Gasteiger partial charge in [0.15, 0.2) is 23.2 Å². The minimum atomic E-state index is 0.606. The first-order chi connectivity index (χ1) is 26.7. The van der Waals surface area contributed by atoms with Crippen molar-refractivity contribution in [3.8, 4) is 56.4 Å². The predicted octanol–water partition coefficient (Wildman–Crippen LogP) is 12.8. The standard InChI is InChI=1S/C49H29N5/c1-50-45-26-25-38(35-20-10-11-23-39(35)45)42-30-44-40-24-13-27-51-46(40)41(29-43(44)37-22-9-8-21-36(37)42)33-18-12-19-34(28-33)49-53-47(31-14-4-2-5-15-31)52-48(54-49)32-16-6-3-7-17-32/h2-30H. The Hall–Kier alpha value is -7.55. The second-order valence-electron chi connectivity index (χ2n) is 13.3. The summed E-state index contributed by atoms with van der Waals surface area (Å²) in [5, 5.41) is 7.68. The lowest BCUT2D eigenvalue weighted by molar-refractivity contribution is 1.07. The van der Waals surface area contributed by atoms with E-state index in [0.29, 0.717) is 23.2 Å². The lowest BCUT2D eigenvalue weighted by atomic mass is 9.87. The van der Waals surface area contributed by atoms with Crippen molar-refractivity contribution >= 4 is 48.9 Å². The van der Waals surface area contributed by atoms with Gasteiger partial charge in [-0.1, -0.05) is 146 Å². The van der Waals surface area contributed by atoms with Crippen molar-refractivity contribution in [3.05, 3.63) is 187 Å². The highest BCUT2D eigenvalue weighted by Gasteiger charge is 2.18. The molecule has 2 aromatic heterocycles. The van der Waals surface area contributed by atoms with E-state index in [1.807, 2.05) is 97.2 Å². The molecule has 0 bridgehead atoms. The van der Waals surface area contributed by atoms with E-state index in [9.17, 15) is 0 Å². The van der Waals surface area contributed by atoms with Gasteiger partial charge in [0.2, 0.25) is 0 Å². The molecule has 0 atom stereocenters. The number of rotatable bonds is 5. The van der Waals surface area contributed by atoms with Crippen LogP contribution in [0.3, 0.4) is 0 Å². The van der Waals surface area contributed by atoms with E-state index in [4.69, 9.17) is 26.5 Å². The van der Waals surface area contributed by atoms with E-state index in [1.165, 1.54) is 0 Å². The van der Waals surface area contributed by atoms with E-state index < -0.39 is 0 Å². The molecule has 0 spiro atoms. The molecule has 0 radical (unpaired) electrons. The van der Waals surface area contributed by atoms with Crippen LogP contribution in [-0.4, -0.2) is 19.9 Å². The van der Waals surface area contributed by atoms with Crippen LogP contribution in [0.25, 0.3) is 104 Å². The Balaban J connectivity index is 1.19. The predicted molar refractivity (Wildman–Crippen MR) is 221 cm³/mol. The first-order valence-corrected chi connectivity index (χ1v) is 17.8. The summed E-state index contributed by atoms with van der Waals surface area (Å²) < 4.78 is 0. The van der Waals surface area contributed by atoms with Gasteiger partial charge < -0.3 is 0 Å². The Morgan fingerprint density at radius 1 is 0.352 bits per heavy atom. The maximum absolute atomic E-state index is 7.78. The Morgan fingerprint density at radius 2 is 0.870 bits per heavy atom. The van der Waals surface area contributed by atoms with Crippen LogP contribution in [0.4, 0.5) is 5.69 Å². The first kappa shape index (κ1) is 31.2. The minimum Gasteiger partial charge on any atom is -0.256 e. The van der Waals surface area contributed by atoms with Crippen LogP contribution >= 0.6 is 0 Å². The molecule has 0 aliphatic heterocycles. The van der Waals surface area contributed by atoms with Gasteiger partial charge in [0.1, 0.15) is 0 Å². The third-order valence-electron chi connectivity index (χ3n) is 10.2. The van der Waals surface area contributed by atoms with Gasteiger partial charge in [-0.05, 0) is 73.3 Å². The molecule has 0 saturated carbocycles. The van der Waals surface area contributed by atoms with Gasteiger partial charge in [0.25, 0.3) is 0 Å². The zero-order chi connectivity index (χ0) is 36.0. The number of pyridine rings is 1. The monoisotopic (exact) mass is 687 g/mol. The van der Waals surface area contributed by atoms with Crippen LogP contribution < -0.4 is 0 Å². The SMILES string of the molecule is [C-]#[N+]c1ccc(-c2cc3c4cccnc4c(-c4cccc(-c5nc(-c6ccccc6)nc(-c6ccccc6)n5)c4)cc3c3ccccc23)c2ccccc12. The molecular weight excluding hydrogens is 659 g/mol. The third kappa shape index (κ3) is 5.25. The van der Waals surface area contributed by atoms with Gasteiger partial charge in [-0.15, -0.1) is 0 Å². The van der Waals surface area contributed by atoms with Gasteiger partial charge in [-0.3, -0.25) is 4.98 Å². The number of hydrogen-bond donors (Lipinski definition) is 0. The molecule has 0 saturated heterocycles. The topological polar surface area (TPSA) is 55.9 Å². The Kier molecular flexibility index (Phi) is 7.45. The van der Waals surface area contributed by atoms with Gasteiger partial charge in [0.05, 0.1) is 12.1 Å². The maximum atomic E-state index is 7.78. The lowest BCUT2D eigenvalue weighted by Crippen LogP contribution is -2.00.